The van der Waals surface area contributed by atoms with E-state index in [2.05, 4.69) is 11.6 Å². The SMILES string of the molecule is CSCCCCCNC(=O)N1CCC(C(=O)O)C1. The van der Waals surface area contributed by atoms with Crippen LogP contribution in [0.4, 0.5) is 4.79 Å². The highest BCUT2D eigenvalue weighted by Crippen LogP contribution is 2.16. The highest BCUT2D eigenvalue weighted by molar-refractivity contribution is 7.98. The maximum absolute atomic E-state index is 11.7. The van der Waals surface area contributed by atoms with E-state index in [1.165, 1.54) is 12.2 Å². The molecule has 0 aliphatic carbocycles. The minimum absolute atomic E-state index is 0.122. The van der Waals surface area contributed by atoms with Crippen LogP contribution in [0.3, 0.4) is 0 Å². The summed E-state index contributed by atoms with van der Waals surface area (Å²) in [4.78, 5) is 24.1. The first kappa shape index (κ1) is 15.1. The Hall–Kier alpha value is -0.910. The molecule has 0 radical (unpaired) electrons. The topological polar surface area (TPSA) is 69.6 Å². The predicted molar refractivity (Wildman–Crippen MR) is 72.9 cm³/mol. The minimum Gasteiger partial charge on any atom is -0.481 e. The normalized spacial score (nSPS) is 18.9. The third-order valence-corrected chi connectivity index (χ3v) is 3.82. The second-order valence-electron chi connectivity index (χ2n) is 4.56. The van der Waals surface area contributed by atoms with Crippen LogP contribution in [-0.4, -0.2) is 53.6 Å². The smallest absolute Gasteiger partial charge is 0.317 e. The van der Waals surface area contributed by atoms with Gasteiger partial charge in [0.1, 0.15) is 0 Å². The maximum atomic E-state index is 11.7. The van der Waals surface area contributed by atoms with E-state index in [1.54, 1.807) is 4.90 Å². The zero-order chi connectivity index (χ0) is 13.4. The lowest BCUT2D eigenvalue weighted by molar-refractivity contribution is -0.141. The average Bonchev–Trinajstić information content (AvgIpc) is 2.83. The number of unbranched alkanes of at least 4 members (excludes halogenated alkanes) is 2. The first-order chi connectivity index (χ1) is 8.65. The Bertz CT molecular complexity index is 286. The summed E-state index contributed by atoms with van der Waals surface area (Å²) < 4.78 is 0. The summed E-state index contributed by atoms with van der Waals surface area (Å²) in [6.07, 6.45) is 5.95. The fourth-order valence-corrected chi connectivity index (χ4v) is 2.49. The molecule has 1 fully saturated rings. The monoisotopic (exact) mass is 274 g/mol. The van der Waals surface area contributed by atoms with Gasteiger partial charge in [-0.2, -0.15) is 11.8 Å². The van der Waals surface area contributed by atoms with Crippen molar-refractivity contribution in [1.82, 2.24) is 10.2 Å². The highest BCUT2D eigenvalue weighted by atomic mass is 32.2. The number of nitrogens with one attached hydrogen (secondary N) is 1. The molecule has 0 aromatic carbocycles. The van der Waals surface area contributed by atoms with Crippen LogP contribution in [0.15, 0.2) is 0 Å². The molecule has 0 aromatic rings. The number of rotatable bonds is 7. The van der Waals surface area contributed by atoms with Gasteiger partial charge in [-0.3, -0.25) is 4.79 Å². The molecule has 1 saturated heterocycles. The third-order valence-electron chi connectivity index (χ3n) is 3.13. The van der Waals surface area contributed by atoms with E-state index in [9.17, 15) is 9.59 Å². The quantitative estimate of drug-likeness (QED) is 0.692. The summed E-state index contributed by atoms with van der Waals surface area (Å²) in [5, 5.41) is 11.7. The Balaban J connectivity index is 2.09. The maximum Gasteiger partial charge on any atom is 0.317 e. The summed E-state index contributed by atoms with van der Waals surface area (Å²) in [5.74, 6) is -0.0277. The summed E-state index contributed by atoms with van der Waals surface area (Å²) in [7, 11) is 0. The van der Waals surface area contributed by atoms with Gasteiger partial charge in [-0.25, -0.2) is 4.79 Å². The van der Waals surface area contributed by atoms with E-state index in [0.29, 0.717) is 26.1 Å². The molecule has 1 unspecified atom stereocenters. The summed E-state index contributed by atoms with van der Waals surface area (Å²) in [6, 6.07) is -0.122. The first-order valence-corrected chi connectivity index (χ1v) is 7.79. The van der Waals surface area contributed by atoms with Gasteiger partial charge in [0.15, 0.2) is 0 Å². The number of carbonyl (C=O) groups excluding carboxylic acids is 1. The Morgan fingerprint density at radius 1 is 1.39 bits per heavy atom. The van der Waals surface area contributed by atoms with Gasteiger partial charge in [0.2, 0.25) is 0 Å². The summed E-state index contributed by atoms with van der Waals surface area (Å²) in [6.45, 7) is 1.57. The summed E-state index contributed by atoms with van der Waals surface area (Å²) >= 11 is 1.84. The predicted octanol–water partition coefficient (Wildman–Crippen LogP) is 1.64. The standard InChI is InChI=1S/C12H22N2O3S/c1-18-8-4-2-3-6-13-12(17)14-7-5-10(9-14)11(15)16/h10H,2-9H2,1H3,(H,13,17)(H,15,16). The number of aliphatic carboxylic acids is 1. The molecule has 6 heteroatoms. The lowest BCUT2D eigenvalue weighted by Crippen LogP contribution is -2.39. The van der Waals surface area contributed by atoms with Crippen molar-refractivity contribution in [2.45, 2.75) is 25.7 Å². The van der Waals surface area contributed by atoms with E-state index < -0.39 is 11.9 Å². The number of urea groups is 1. The third kappa shape index (κ3) is 5.16. The van der Waals surface area contributed by atoms with Gasteiger partial charge in [0.25, 0.3) is 0 Å². The molecule has 18 heavy (non-hydrogen) atoms. The fraction of sp³-hybridized carbons (Fsp3) is 0.833. The van der Waals surface area contributed by atoms with E-state index in [1.807, 2.05) is 11.8 Å². The second-order valence-corrected chi connectivity index (χ2v) is 5.54. The van der Waals surface area contributed by atoms with Gasteiger partial charge in [0.05, 0.1) is 5.92 Å². The van der Waals surface area contributed by atoms with Crippen molar-refractivity contribution in [1.29, 1.82) is 0 Å². The van der Waals surface area contributed by atoms with Gasteiger partial charge < -0.3 is 15.3 Å². The molecule has 2 amide bonds. The van der Waals surface area contributed by atoms with E-state index in [0.717, 1.165) is 12.8 Å². The largest absolute Gasteiger partial charge is 0.481 e. The van der Waals surface area contributed by atoms with Crippen LogP contribution in [-0.2, 0) is 4.79 Å². The average molecular weight is 274 g/mol. The zero-order valence-corrected chi connectivity index (χ0v) is 11.7. The van der Waals surface area contributed by atoms with Crippen LogP contribution in [0.2, 0.25) is 0 Å². The molecule has 0 aromatic heterocycles. The lowest BCUT2D eigenvalue weighted by atomic mass is 10.1. The van der Waals surface area contributed by atoms with Crippen molar-refractivity contribution in [3.8, 4) is 0 Å². The van der Waals surface area contributed by atoms with E-state index in [-0.39, 0.29) is 6.03 Å². The van der Waals surface area contributed by atoms with Gasteiger partial charge in [-0.1, -0.05) is 6.42 Å². The van der Waals surface area contributed by atoms with Crippen molar-refractivity contribution in [2.24, 2.45) is 5.92 Å². The van der Waals surface area contributed by atoms with Gasteiger partial charge in [-0.05, 0) is 31.3 Å². The van der Waals surface area contributed by atoms with Crippen molar-refractivity contribution >= 4 is 23.8 Å². The number of nitrogens with zero attached hydrogens (tertiary/aromatic N) is 1. The number of likely N-dealkylation sites (tertiary alicyclic amines) is 1. The number of carboxylic acid groups (broad SMARTS) is 1. The first-order valence-electron chi connectivity index (χ1n) is 6.39. The Labute approximate surface area is 112 Å². The molecule has 1 rings (SSSR count). The minimum atomic E-state index is -0.803. The molecule has 1 aliphatic heterocycles. The fourth-order valence-electron chi connectivity index (χ4n) is 2.00. The molecule has 2 N–H and O–H groups in total. The van der Waals surface area contributed by atoms with Crippen LogP contribution < -0.4 is 5.32 Å². The van der Waals surface area contributed by atoms with Crippen LogP contribution >= 0.6 is 11.8 Å². The molecule has 0 saturated carbocycles. The molecule has 5 nitrogen and oxygen atoms in total. The second kappa shape index (κ2) is 8.24. The molecule has 1 atom stereocenters. The molecular formula is C12H22N2O3S. The van der Waals surface area contributed by atoms with E-state index in [4.69, 9.17) is 5.11 Å². The number of hydrogen-bond acceptors (Lipinski definition) is 3. The zero-order valence-electron chi connectivity index (χ0n) is 10.9. The summed E-state index contributed by atoms with van der Waals surface area (Å²) in [5.41, 5.74) is 0. The number of thioether (sulfide) groups is 1. The van der Waals surface area contributed by atoms with Crippen LogP contribution in [0, 0.1) is 5.92 Å². The van der Waals surface area contributed by atoms with Crippen molar-refractivity contribution in [2.75, 3.05) is 31.6 Å². The molecule has 104 valence electrons. The van der Waals surface area contributed by atoms with Crippen molar-refractivity contribution in [3.63, 3.8) is 0 Å². The number of carbonyl (C=O) groups is 2. The molecular weight excluding hydrogens is 252 g/mol. The Morgan fingerprint density at radius 3 is 2.78 bits per heavy atom. The van der Waals surface area contributed by atoms with Crippen LogP contribution in [0.5, 0.6) is 0 Å². The molecule has 0 bridgehead atoms. The van der Waals surface area contributed by atoms with E-state index >= 15 is 0 Å². The van der Waals surface area contributed by atoms with Crippen LogP contribution in [0.1, 0.15) is 25.7 Å². The Kier molecular flexibility index (Phi) is 6.93. The number of amides is 2. The number of carboxylic acids is 1. The van der Waals surface area contributed by atoms with Crippen LogP contribution in [0.25, 0.3) is 0 Å². The van der Waals surface area contributed by atoms with Gasteiger partial charge in [-0.15, -0.1) is 0 Å². The van der Waals surface area contributed by atoms with Crippen molar-refractivity contribution < 1.29 is 14.7 Å². The molecule has 1 aliphatic rings. The molecule has 1 heterocycles. The van der Waals surface area contributed by atoms with Gasteiger partial charge >= 0.3 is 12.0 Å². The highest BCUT2D eigenvalue weighted by Gasteiger charge is 2.30. The van der Waals surface area contributed by atoms with Gasteiger partial charge in [0, 0.05) is 19.6 Å². The number of hydrogen-bond donors (Lipinski definition) is 2. The van der Waals surface area contributed by atoms with Crippen molar-refractivity contribution in [3.05, 3.63) is 0 Å². The molecule has 0 spiro atoms. The lowest BCUT2D eigenvalue weighted by Gasteiger charge is -2.16. The Morgan fingerprint density at radius 2 is 2.17 bits per heavy atom.